The van der Waals surface area contributed by atoms with E-state index in [1.165, 1.54) is 6.07 Å². The maximum atomic E-state index is 14.3. The Hall–Kier alpha value is -2.56. The predicted molar refractivity (Wildman–Crippen MR) is 104 cm³/mol. The molecule has 0 saturated heterocycles. The number of rotatable bonds is 6. The molecule has 0 spiro atoms. The second kappa shape index (κ2) is 9.67. The van der Waals surface area contributed by atoms with Crippen LogP contribution in [0.15, 0.2) is 60.8 Å². The summed E-state index contributed by atoms with van der Waals surface area (Å²) in [5.41, 5.74) is 0.470. The van der Waals surface area contributed by atoms with Gasteiger partial charge >= 0.3 is 0 Å². The lowest BCUT2D eigenvalue weighted by molar-refractivity contribution is 0.318. The minimum Gasteiger partial charge on any atom is -0.434 e. The van der Waals surface area contributed by atoms with Gasteiger partial charge in [0.25, 0.3) is 6.02 Å². The molecular weight excluding hydrogens is 317 g/mol. The van der Waals surface area contributed by atoms with E-state index in [0.29, 0.717) is 24.7 Å². The average Bonchev–Trinajstić information content (AvgIpc) is 2.63. The highest BCUT2D eigenvalue weighted by molar-refractivity contribution is 5.77. The molecule has 0 aromatic heterocycles. The topological polar surface area (TPSA) is 36.9 Å². The van der Waals surface area contributed by atoms with E-state index in [9.17, 15) is 4.39 Å². The highest BCUT2D eigenvalue weighted by Gasteiger charge is 2.31. The molecule has 0 fully saturated rings. The molecule has 0 amide bonds. The van der Waals surface area contributed by atoms with E-state index in [1.807, 2.05) is 25.7 Å². The van der Waals surface area contributed by atoms with Crippen LogP contribution in [-0.4, -0.2) is 31.1 Å². The Morgan fingerprint density at radius 1 is 1.28 bits per heavy atom. The van der Waals surface area contributed by atoms with Crippen molar-refractivity contribution in [3.05, 3.63) is 67.2 Å². The molecule has 0 radical (unpaired) electrons. The highest BCUT2D eigenvalue weighted by Crippen LogP contribution is 2.33. The Morgan fingerprint density at radius 2 is 1.92 bits per heavy atom. The van der Waals surface area contributed by atoms with Crippen molar-refractivity contribution in [3.63, 3.8) is 0 Å². The summed E-state index contributed by atoms with van der Waals surface area (Å²) in [5.74, 6) is -0.305. The van der Waals surface area contributed by atoms with Crippen molar-refractivity contribution in [3.8, 4) is 0 Å². The summed E-state index contributed by atoms with van der Waals surface area (Å²) in [5, 5.41) is 3.02. The monoisotopic (exact) mass is 345 g/mol. The van der Waals surface area contributed by atoms with Crippen molar-refractivity contribution < 1.29 is 9.13 Å². The van der Waals surface area contributed by atoms with Crippen LogP contribution in [0.5, 0.6) is 0 Å². The standard InChI is InChI=1S/C18H22FN3O.C2H6/c1-5-10-22(11-6-2)17-21-18(3,9-12-23-17)15-13-14(20-4)7-8-16(15)19;1-2/h5-9,12-13,20H,1-2,10-11H2,3-4H3;1-2H3/t18-;/m0./s1. The van der Waals surface area contributed by atoms with E-state index >= 15 is 0 Å². The molecule has 2 rings (SSSR count). The Balaban J connectivity index is 0.00000151. The lowest BCUT2D eigenvalue weighted by atomic mass is 9.91. The maximum absolute atomic E-state index is 14.3. The minimum atomic E-state index is -0.842. The van der Waals surface area contributed by atoms with E-state index < -0.39 is 5.54 Å². The number of benzene rings is 1. The molecule has 25 heavy (non-hydrogen) atoms. The molecule has 136 valence electrons. The van der Waals surface area contributed by atoms with Crippen LogP contribution < -0.4 is 5.32 Å². The SMILES string of the molecule is C=CCN(CC=C)C1=N[C@](C)(c2cc(NC)ccc2F)C=CO1.CC. The second-order valence-electron chi connectivity index (χ2n) is 5.39. The first-order valence-corrected chi connectivity index (χ1v) is 8.43. The molecule has 0 bridgehead atoms. The van der Waals surface area contributed by atoms with Crippen LogP contribution in [0.3, 0.4) is 0 Å². The normalized spacial score (nSPS) is 18.2. The number of aliphatic imine (C=N–C) groups is 1. The molecule has 1 aliphatic rings. The molecule has 1 aliphatic heterocycles. The largest absolute Gasteiger partial charge is 0.434 e. The fourth-order valence-corrected chi connectivity index (χ4v) is 2.40. The average molecular weight is 345 g/mol. The van der Waals surface area contributed by atoms with Crippen molar-refractivity contribution in [2.75, 3.05) is 25.5 Å². The van der Waals surface area contributed by atoms with Crippen LogP contribution in [-0.2, 0) is 10.3 Å². The molecule has 1 aromatic carbocycles. The zero-order valence-corrected chi connectivity index (χ0v) is 15.6. The molecule has 4 nitrogen and oxygen atoms in total. The van der Waals surface area contributed by atoms with Gasteiger partial charge in [-0.3, -0.25) is 0 Å². The van der Waals surface area contributed by atoms with Gasteiger partial charge in [0, 0.05) is 31.4 Å². The fraction of sp³-hybridized carbons (Fsp3) is 0.350. The molecule has 1 aromatic rings. The van der Waals surface area contributed by atoms with Crippen LogP contribution in [0, 0.1) is 5.82 Å². The van der Waals surface area contributed by atoms with Gasteiger partial charge in [0.05, 0.1) is 6.26 Å². The van der Waals surface area contributed by atoms with Gasteiger partial charge in [-0.1, -0.05) is 26.0 Å². The van der Waals surface area contributed by atoms with Gasteiger partial charge in [0.2, 0.25) is 0 Å². The van der Waals surface area contributed by atoms with E-state index in [0.717, 1.165) is 5.69 Å². The minimum absolute atomic E-state index is 0.305. The first kappa shape index (κ1) is 20.5. The number of halogens is 1. The smallest absolute Gasteiger partial charge is 0.294 e. The molecule has 0 unspecified atom stereocenters. The summed E-state index contributed by atoms with van der Waals surface area (Å²) in [6, 6.07) is 5.31. The van der Waals surface area contributed by atoms with Gasteiger partial charge in [0.1, 0.15) is 11.4 Å². The van der Waals surface area contributed by atoms with Crippen molar-refractivity contribution in [2.45, 2.75) is 26.3 Å². The summed E-state index contributed by atoms with van der Waals surface area (Å²) in [7, 11) is 1.80. The summed E-state index contributed by atoms with van der Waals surface area (Å²) in [6.45, 7) is 14.4. The van der Waals surface area contributed by atoms with E-state index in [1.54, 1.807) is 43.7 Å². The first-order valence-electron chi connectivity index (χ1n) is 8.43. The van der Waals surface area contributed by atoms with Crippen LogP contribution >= 0.6 is 0 Å². The zero-order chi connectivity index (χ0) is 18.9. The molecule has 0 aliphatic carbocycles. The third-order valence-electron chi connectivity index (χ3n) is 3.66. The number of nitrogens with one attached hydrogen (secondary N) is 1. The van der Waals surface area contributed by atoms with Gasteiger partial charge in [-0.15, -0.1) is 13.2 Å². The van der Waals surface area contributed by atoms with Gasteiger partial charge < -0.3 is 15.0 Å². The highest BCUT2D eigenvalue weighted by atomic mass is 19.1. The van der Waals surface area contributed by atoms with E-state index in [4.69, 9.17) is 4.74 Å². The lowest BCUT2D eigenvalue weighted by Gasteiger charge is -2.31. The van der Waals surface area contributed by atoms with Crippen molar-refractivity contribution >= 4 is 11.7 Å². The number of anilines is 1. The van der Waals surface area contributed by atoms with Crippen LogP contribution in [0.1, 0.15) is 26.3 Å². The summed E-state index contributed by atoms with van der Waals surface area (Å²) >= 11 is 0. The fourth-order valence-electron chi connectivity index (χ4n) is 2.40. The van der Waals surface area contributed by atoms with Gasteiger partial charge in [-0.05, 0) is 31.2 Å². The van der Waals surface area contributed by atoms with Crippen LogP contribution in [0.25, 0.3) is 0 Å². The predicted octanol–water partition coefficient (Wildman–Crippen LogP) is 4.68. The molecule has 5 heteroatoms. The molecular formula is C20H28FN3O. The second-order valence-corrected chi connectivity index (χ2v) is 5.39. The van der Waals surface area contributed by atoms with Crippen molar-refractivity contribution in [1.82, 2.24) is 4.90 Å². The molecule has 1 N–H and O–H groups in total. The quantitative estimate of drug-likeness (QED) is 0.761. The van der Waals surface area contributed by atoms with Crippen molar-refractivity contribution in [2.24, 2.45) is 4.99 Å². The first-order chi connectivity index (χ1) is 12.0. The summed E-state index contributed by atoms with van der Waals surface area (Å²) in [6.07, 6.45) is 6.81. The number of hydrogen-bond acceptors (Lipinski definition) is 4. The summed E-state index contributed by atoms with van der Waals surface area (Å²) < 4.78 is 19.9. The Kier molecular flexibility index (Phi) is 7.92. The zero-order valence-electron chi connectivity index (χ0n) is 15.6. The lowest BCUT2D eigenvalue weighted by Crippen LogP contribution is -2.37. The Labute approximate surface area is 150 Å². The molecule has 1 atom stereocenters. The number of amidine groups is 1. The molecule has 1 heterocycles. The number of ether oxygens (including phenoxy) is 1. The van der Waals surface area contributed by atoms with Crippen LogP contribution in [0.4, 0.5) is 10.1 Å². The third kappa shape index (κ3) is 4.95. The van der Waals surface area contributed by atoms with Crippen LogP contribution in [0.2, 0.25) is 0 Å². The number of hydrogen-bond donors (Lipinski definition) is 1. The van der Waals surface area contributed by atoms with Gasteiger partial charge in [-0.2, -0.15) is 0 Å². The summed E-state index contributed by atoms with van der Waals surface area (Å²) in [4.78, 5) is 6.50. The van der Waals surface area contributed by atoms with E-state index in [-0.39, 0.29) is 5.82 Å². The molecule has 0 saturated carbocycles. The maximum Gasteiger partial charge on any atom is 0.294 e. The Morgan fingerprint density at radius 3 is 2.48 bits per heavy atom. The van der Waals surface area contributed by atoms with Crippen molar-refractivity contribution in [1.29, 1.82) is 0 Å². The van der Waals surface area contributed by atoms with Gasteiger partial charge in [0.15, 0.2) is 0 Å². The van der Waals surface area contributed by atoms with Gasteiger partial charge in [-0.25, -0.2) is 9.38 Å². The number of nitrogens with zero attached hydrogens (tertiary/aromatic N) is 2. The Bertz CT molecular complexity index is 644. The third-order valence-corrected chi connectivity index (χ3v) is 3.66. The van der Waals surface area contributed by atoms with E-state index in [2.05, 4.69) is 23.5 Å².